The van der Waals surface area contributed by atoms with E-state index >= 15 is 0 Å². The van der Waals surface area contributed by atoms with Gasteiger partial charge in [-0.2, -0.15) is 0 Å². The third-order valence-corrected chi connectivity index (χ3v) is 4.82. The second-order valence-corrected chi connectivity index (χ2v) is 6.20. The fraction of sp³-hybridized carbons (Fsp3) is 0.500. The second-order valence-electron chi connectivity index (χ2n) is 5.29. The number of hydrogen-bond acceptors (Lipinski definition) is 3. The SMILES string of the molecule is CCC1CCCCCN1C(=O)c1sccc1/C=C/C(=O)O. The molecule has 114 valence electrons. The molecule has 0 bridgehead atoms. The second kappa shape index (κ2) is 7.41. The highest BCUT2D eigenvalue weighted by atomic mass is 32.1. The van der Waals surface area contributed by atoms with Crippen LogP contribution in [0.1, 0.15) is 54.3 Å². The van der Waals surface area contributed by atoms with Crippen LogP contribution in [0, 0.1) is 0 Å². The van der Waals surface area contributed by atoms with Crippen LogP contribution in [0.3, 0.4) is 0 Å². The van der Waals surface area contributed by atoms with Crippen molar-refractivity contribution in [3.63, 3.8) is 0 Å². The molecule has 1 saturated heterocycles. The van der Waals surface area contributed by atoms with Crippen LogP contribution < -0.4 is 0 Å². The van der Waals surface area contributed by atoms with Gasteiger partial charge in [0.1, 0.15) is 0 Å². The normalized spacial score (nSPS) is 19.7. The minimum Gasteiger partial charge on any atom is -0.478 e. The lowest BCUT2D eigenvalue weighted by Crippen LogP contribution is -2.39. The summed E-state index contributed by atoms with van der Waals surface area (Å²) in [6.45, 7) is 2.92. The summed E-state index contributed by atoms with van der Waals surface area (Å²) >= 11 is 1.39. The zero-order chi connectivity index (χ0) is 15.2. The molecule has 0 aliphatic carbocycles. The summed E-state index contributed by atoms with van der Waals surface area (Å²) in [5, 5.41) is 10.6. The number of thiophene rings is 1. The number of amides is 1. The van der Waals surface area contributed by atoms with Gasteiger partial charge in [-0.15, -0.1) is 11.3 Å². The van der Waals surface area contributed by atoms with Gasteiger partial charge in [-0.3, -0.25) is 4.79 Å². The van der Waals surface area contributed by atoms with Crippen LogP contribution in [-0.2, 0) is 4.79 Å². The molecule has 5 heteroatoms. The molecule has 21 heavy (non-hydrogen) atoms. The summed E-state index contributed by atoms with van der Waals surface area (Å²) in [7, 11) is 0. The maximum Gasteiger partial charge on any atom is 0.328 e. The standard InChI is InChI=1S/C16H21NO3S/c1-2-13-6-4-3-5-10-17(13)16(20)15-12(9-11-21-15)7-8-14(18)19/h7-9,11,13H,2-6,10H2,1H3,(H,18,19)/b8-7+. The Balaban J connectivity index is 2.22. The number of aliphatic carboxylic acids is 1. The van der Waals surface area contributed by atoms with Gasteiger partial charge in [-0.05, 0) is 42.3 Å². The molecular weight excluding hydrogens is 286 g/mol. The van der Waals surface area contributed by atoms with Crippen LogP contribution >= 0.6 is 11.3 Å². The first-order chi connectivity index (χ1) is 10.1. The number of rotatable bonds is 4. The molecule has 1 aliphatic heterocycles. The number of hydrogen-bond donors (Lipinski definition) is 1. The van der Waals surface area contributed by atoms with Crippen molar-refractivity contribution in [2.24, 2.45) is 0 Å². The number of carbonyl (C=O) groups excluding carboxylic acids is 1. The third kappa shape index (κ3) is 3.94. The van der Waals surface area contributed by atoms with Crippen molar-refractivity contribution >= 4 is 29.3 Å². The van der Waals surface area contributed by atoms with Gasteiger partial charge in [-0.25, -0.2) is 4.79 Å². The first kappa shape index (κ1) is 15.8. The van der Waals surface area contributed by atoms with E-state index < -0.39 is 5.97 Å². The smallest absolute Gasteiger partial charge is 0.328 e. The monoisotopic (exact) mass is 307 g/mol. The average molecular weight is 307 g/mol. The quantitative estimate of drug-likeness (QED) is 0.864. The predicted octanol–water partition coefficient (Wildman–Crippen LogP) is 3.64. The molecule has 1 amide bonds. The fourth-order valence-corrected chi connectivity index (χ4v) is 3.63. The van der Waals surface area contributed by atoms with Crippen LogP contribution in [0.25, 0.3) is 6.08 Å². The van der Waals surface area contributed by atoms with E-state index in [-0.39, 0.29) is 5.91 Å². The summed E-state index contributed by atoms with van der Waals surface area (Å²) in [6.07, 6.45) is 8.03. The Hall–Kier alpha value is -1.62. The van der Waals surface area contributed by atoms with Crippen LogP contribution in [0.2, 0.25) is 0 Å². The summed E-state index contributed by atoms with van der Waals surface area (Å²) in [6, 6.07) is 2.11. The van der Waals surface area contributed by atoms with Crippen molar-refractivity contribution < 1.29 is 14.7 Å². The molecule has 2 rings (SSSR count). The van der Waals surface area contributed by atoms with Gasteiger partial charge in [0.25, 0.3) is 5.91 Å². The molecule has 1 unspecified atom stereocenters. The van der Waals surface area contributed by atoms with Crippen LogP contribution in [0.5, 0.6) is 0 Å². The first-order valence-electron chi connectivity index (χ1n) is 7.43. The van der Waals surface area contributed by atoms with Crippen molar-refractivity contribution in [1.29, 1.82) is 0 Å². The van der Waals surface area contributed by atoms with E-state index in [4.69, 9.17) is 5.11 Å². The largest absolute Gasteiger partial charge is 0.478 e. The van der Waals surface area contributed by atoms with Crippen molar-refractivity contribution in [2.75, 3.05) is 6.54 Å². The minimum atomic E-state index is -0.999. The summed E-state index contributed by atoms with van der Waals surface area (Å²) < 4.78 is 0. The Kier molecular flexibility index (Phi) is 5.56. The molecule has 1 aliphatic rings. The molecule has 4 nitrogen and oxygen atoms in total. The predicted molar refractivity (Wildman–Crippen MR) is 84.6 cm³/mol. The van der Waals surface area contributed by atoms with Gasteiger partial charge in [0, 0.05) is 18.7 Å². The molecule has 1 atom stereocenters. The van der Waals surface area contributed by atoms with Crippen LogP contribution in [-0.4, -0.2) is 34.5 Å². The van der Waals surface area contributed by atoms with Crippen LogP contribution in [0.4, 0.5) is 0 Å². The number of likely N-dealkylation sites (tertiary alicyclic amines) is 1. The molecule has 0 saturated carbocycles. The highest BCUT2D eigenvalue weighted by molar-refractivity contribution is 7.12. The molecular formula is C16H21NO3S. The molecule has 0 aromatic carbocycles. The van der Waals surface area contributed by atoms with Gasteiger partial charge in [-0.1, -0.05) is 19.8 Å². The minimum absolute atomic E-state index is 0.0452. The van der Waals surface area contributed by atoms with E-state index in [0.717, 1.165) is 31.9 Å². The van der Waals surface area contributed by atoms with E-state index in [1.165, 1.54) is 30.3 Å². The Labute approximate surface area is 129 Å². The van der Waals surface area contributed by atoms with E-state index in [0.29, 0.717) is 16.5 Å². The Morgan fingerprint density at radius 1 is 1.43 bits per heavy atom. The van der Waals surface area contributed by atoms with E-state index in [9.17, 15) is 9.59 Å². The highest BCUT2D eigenvalue weighted by Gasteiger charge is 2.26. The van der Waals surface area contributed by atoms with Gasteiger partial charge in [0.2, 0.25) is 0 Å². The molecule has 1 fully saturated rings. The number of nitrogens with zero attached hydrogens (tertiary/aromatic N) is 1. The number of carbonyl (C=O) groups is 2. The molecule has 2 heterocycles. The lowest BCUT2D eigenvalue weighted by atomic mass is 10.1. The van der Waals surface area contributed by atoms with Crippen molar-refractivity contribution in [2.45, 2.75) is 45.1 Å². The van der Waals surface area contributed by atoms with E-state index in [2.05, 4.69) is 6.92 Å². The molecule has 1 N–H and O–H groups in total. The van der Waals surface area contributed by atoms with Crippen molar-refractivity contribution in [1.82, 2.24) is 4.90 Å². The lowest BCUT2D eigenvalue weighted by Gasteiger charge is -2.29. The fourth-order valence-electron chi connectivity index (χ4n) is 2.78. The van der Waals surface area contributed by atoms with Crippen molar-refractivity contribution in [3.05, 3.63) is 28.0 Å². The Morgan fingerprint density at radius 2 is 2.24 bits per heavy atom. The number of carboxylic acids is 1. The molecule has 0 spiro atoms. The maximum absolute atomic E-state index is 12.8. The van der Waals surface area contributed by atoms with Crippen LogP contribution in [0.15, 0.2) is 17.5 Å². The number of carboxylic acid groups (broad SMARTS) is 1. The summed E-state index contributed by atoms with van der Waals surface area (Å²) in [5.41, 5.74) is 0.700. The zero-order valence-electron chi connectivity index (χ0n) is 12.2. The topological polar surface area (TPSA) is 57.6 Å². The Bertz CT molecular complexity index is 535. The lowest BCUT2D eigenvalue weighted by molar-refractivity contribution is -0.131. The zero-order valence-corrected chi connectivity index (χ0v) is 13.1. The first-order valence-corrected chi connectivity index (χ1v) is 8.31. The molecule has 1 aromatic heterocycles. The molecule has 1 aromatic rings. The van der Waals surface area contributed by atoms with E-state index in [1.54, 1.807) is 6.07 Å². The van der Waals surface area contributed by atoms with E-state index in [1.807, 2.05) is 10.3 Å². The van der Waals surface area contributed by atoms with Gasteiger partial charge in [0.15, 0.2) is 0 Å². The third-order valence-electron chi connectivity index (χ3n) is 3.90. The van der Waals surface area contributed by atoms with Gasteiger partial charge in [0.05, 0.1) is 4.88 Å². The van der Waals surface area contributed by atoms with Crippen molar-refractivity contribution in [3.8, 4) is 0 Å². The average Bonchev–Trinajstić information content (AvgIpc) is 2.80. The van der Waals surface area contributed by atoms with Gasteiger partial charge >= 0.3 is 5.97 Å². The summed E-state index contributed by atoms with van der Waals surface area (Å²) in [5.74, 6) is -0.954. The van der Waals surface area contributed by atoms with Gasteiger partial charge < -0.3 is 10.0 Å². The Morgan fingerprint density at radius 3 is 2.95 bits per heavy atom. The maximum atomic E-state index is 12.8. The highest BCUT2D eigenvalue weighted by Crippen LogP contribution is 2.26. The summed E-state index contributed by atoms with van der Waals surface area (Å²) in [4.78, 5) is 26.1. The molecule has 0 radical (unpaired) electrons.